The number of carbonyl (C=O) groups excluding carboxylic acids is 2. The number of aromatic nitrogens is 4. The fourth-order valence-electron chi connectivity index (χ4n) is 1.10. The third kappa shape index (κ3) is 12.6. The topological polar surface area (TPSA) is 227 Å². The minimum Gasteiger partial charge on any atom is -0.481 e. The zero-order valence-electron chi connectivity index (χ0n) is 13.6. The van der Waals surface area contributed by atoms with Crippen molar-refractivity contribution in [3.8, 4) is 0 Å². The van der Waals surface area contributed by atoms with Crippen LogP contribution in [0.25, 0.3) is 0 Å². The first-order chi connectivity index (χ1) is 12.6. The smallest absolute Gasteiger partial charge is 0.300 e. The van der Waals surface area contributed by atoms with Crippen molar-refractivity contribution in [2.45, 2.75) is 6.92 Å². The fourth-order valence-corrected chi connectivity index (χ4v) is 1.38. The van der Waals surface area contributed by atoms with Crippen molar-refractivity contribution in [2.75, 3.05) is 11.5 Å². The van der Waals surface area contributed by atoms with Crippen molar-refractivity contribution < 1.29 is 19.5 Å². The van der Waals surface area contributed by atoms with Gasteiger partial charge >= 0.3 is 0 Å². The highest BCUT2D eigenvalue weighted by Gasteiger charge is 2.08. The summed E-state index contributed by atoms with van der Waals surface area (Å²) in [6.45, 7) is 1.08. The Balaban J connectivity index is 0. The van der Waals surface area contributed by atoms with Crippen LogP contribution in [0.5, 0.6) is 0 Å². The molecule has 0 aliphatic carbocycles. The van der Waals surface area contributed by atoms with E-state index >= 15 is 0 Å². The highest BCUT2D eigenvalue weighted by atomic mass is 80.9. The number of carboxylic acid groups (broad SMARTS) is 1. The molecule has 9 N–H and O–H groups in total. The molecular weight excluding hydrogens is 560 g/mol. The molecule has 12 nitrogen and oxygen atoms in total. The summed E-state index contributed by atoms with van der Waals surface area (Å²) in [5.74, 6) is -2.07. The molecule has 0 saturated carbocycles. The Morgan fingerprint density at radius 1 is 0.926 bits per heavy atom. The summed E-state index contributed by atoms with van der Waals surface area (Å²) in [7, 11) is 0. The zero-order valence-corrected chi connectivity index (χ0v) is 18.4. The van der Waals surface area contributed by atoms with Gasteiger partial charge < -0.3 is 28.0 Å². The Hall–Kier alpha value is -2.39. The minimum atomic E-state index is -0.833. The molecule has 0 aliphatic rings. The monoisotopic (exact) mass is 572 g/mol. The first-order valence-electron chi connectivity index (χ1n) is 6.34. The van der Waals surface area contributed by atoms with E-state index in [2.05, 4.69) is 64.1 Å². The summed E-state index contributed by atoms with van der Waals surface area (Å²) < 4.78 is 0.431. The molecule has 2 aromatic heterocycles. The maximum absolute atomic E-state index is 10.6. The molecule has 0 bridgehead atoms. The first-order valence-corrected chi connectivity index (χ1v) is 10.8. The van der Waals surface area contributed by atoms with Gasteiger partial charge in [0, 0.05) is 47.6 Å². The SMILES string of the molecule is BrBr.CC(=O)O.NC(=O)c1nc(Br)cnc1N.NC(=O)c1nccnc1N. The molecule has 2 amide bonds. The average molecular weight is 575 g/mol. The number of nitrogens with zero attached hydrogens (tertiary/aromatic N) is 4. The van der Waals surface area contributed by atoms with Crippen LogP contribution in [0.3, 0.4) is 0 Å². The first kappa shape index (κ1) is 26.8. The molecule has 0 spiro atoms. The van der Waals surface area contributed by atoms with E-state index in [0.717, 1.165) is 6.92 Å². The Bertz CT molecular complexity index is 774. The molecule has 27 heavy (non-hydrogen) atoms. The van der Waals surface area contributed by atoms with E-state index < -0.39 is 17.8 Å². The van der Waals surface area contributed by atoms with Gasteiger partial charge in [0.25, 0.3) is 17.8 Å². The van der Waals surface area contributed by atoms with Crippen LogP contribution < -0.4 is 22.9 Å². The summed E-state index contributed by atoms with van der Waals surface area (Å²) in [5, 5.41) is 7.42. The van der Waals surface area contributed by atoms with Crippen LogP contribution in [0.2, 0.25) is 0 Å². The number of aliphatic carboxylic acids is 1. The van der Waals surface area contributed by atoms with E-state index in [1.807, 2.05) is 0 Å². The van der Waals surface area contributed by atoms with Crippen LogP contribution in [-0.4, -0.2) is 42.8 Å². The maximum atomic E-state index is 10.6. The molecular formula is C12H15Br3N8O4. The van der Waals surface area contributed by atoms with Gasteiger partial charge in [0.1, 0.15) is 4.60 Å². The summed E-state index contributed by atoms with van der Waals surface area (Å²) in [6.07, 6.45) is 4.14. The summed E-state index contributed by atoms with van der Waals surface area (Å²) in [4.78, 5) is 44.7. The standard InChI is InChI=1S/C5H5BrN4O.C5H6N4O.C2H4O2.Br2/c6-2-1-9-4(7)3(10-2)5(8)11;6-4-3(5(7)10)8-1-2-9-4;1-2(3)4;1-2/h1H,(H2,7,9)(H2,8,11);1-2H,(H2,6,9)(H2,7,10);1H3,(H,3,4);. The number of amides is 2. The number of halogens is 3. The second kappa shape index (κ2) is 14.7. The minimum absolute atomic E-state index is 0.0145. The molecule has 0 atom stereocenters. The molecule has 0 aromatic carbocycles. The highest BCUT2D eigenvalue weighted by Crippen LogP contribution is 2.09. The van der Waals surface area contributed by atoms with E-state index in [4.69, 9.17) is 32.8 Å². The lowest BCUT2D eigenvalue weighted by Gasteiger charge is -1.97. The number of hydrogen-bond donors (Lipinski definition) is 5. The predicted octanol–water partition coefficient (Wildman–Crippen LogP) is 0.860. The van der Waals surface area contributed by atoms with Crippen molar-refractivity contribution in [2.24, 2.45) is 11.5 Å². The number of rotatable bonds is 2. The van der Waals surface area contributed by atoms with Crippen molar-refractivity contribution in [1.29, 1.82) is 0 Å². The molecule has 0 aliphatic heterocycles. The Kier molecular flexibility index (Phi) is 14.7. The van der Waals surface area contributed by atoms with Gasteiger partial charge in [0.2, 0.25) is 0 Å². The Morgan fingerprint density at radius 3 is 1.67 bits per heavy atom. The lowest BCUT2D eigenvalue weighted by Crippen LogP contribution is -2.16. The van der Waals surface area contributed by atoms with Crippen LogP contribution in [0.15, 0.2) is 23.2 Å². The van der Waals surface area contributed by atoms with Gasteiger partial charge in [-0.25, -0.2) is 19.9 Å². The number of anilines is 2. The fraction of sp³-hybridized carbons (Fsp3) is 0.0833. The Morgan fingerprint density at radius 2 is 1.33 bits per heavy atom. The van der Waals surface area contributed by atoms with E-state index in [1.54, 1.807) is 0 Å². The molecule has 2 heterocycles. The lowest BCUT2D eigenvalue weighted by molar-refractivity contribution is -0.134. The summed E-state index contributed by atoms with van der Waals surface area (Å²) in [5.41, 5.74) is 20.4. The van der Waals surface area contributed by atoms with E-state index in [0.29, 0.717) is 4.60 Å². The van der Waals surface area contributed by atoms with Crippen molar-refractivity contribution in [1.82, 2.24) is 19.9 Å². The number of nitrogens with two attached hydrogens (primary N) is 4. The quantitative estimate of drug-likeness (QED) is 0.339. The van der Waals surface area contributed by atoms with Gasteiger partial charge in [-0.15, -0.1) is 0 Å². The third-order valence-electron chi connectivity index (χ3n) is 1.96. The van der Waals surface area contributed by atoms with Crippen LogP contribution in [0.1, 0.15) is 27.9 Å². The van der Waals surface area contributed by atoms with Crippen LogP contribution in [-0.2, 0) is 4.79 Å². The number of primary amides is 2. The van der Waals surface area contributed by atoms with Crippen LogP contribution in [0, 0.1) is 0 Å². The maximum Gasteiger partial charge on any atom is 0.300 e. The van der Waals surface area contributed by atoms with Gasteiger partial charge in [-0.2, -0.15) is 0 Å². The zero-order chi connectivity index (χ0) is 21.6. The average Bonchev–Trinajstić information content (AvgIpc) is 2.59. The summed E-state index contributed by atoms with van der Waals surface area (Å²) in [6, 6.07) is 0. The Labute approximate surface area is 177 Å². The van der Waals surface area contributed by atoms with Gasteiger partial charge in [0.05, 0.1) is 6.20 Å². The van der Waals surface area contributed by atoms with Crippen LogP contribution >= 0.6 is 44.2 Å². The van der Waals surface area contributed by atoms with Gasteiger partial charge in [0.15, 0.2) is 23.0 Å². The summed E-state index contributed by atoms with van der Waals surface area (Å²) >= 11 is 8.53. The molecule has 2 rings (SSSR count). The second-order valence-electron chi connectivity index (χ2n) is 3.96. The second-order valence-corrected chi connectivity index (χ2v) is 4.78. The van der Waals surface area contributed by atoms with Crippen molar-refractivity contribution >= 4 is 73.6 Å². The van der Waals surface area contributed by atoms with Crippen LogP contribution in [0.4, 0.5) is 11.6 Å². The lowest BCUT2D eigenvalue weighted by atomic mass is 10.4. The number of carbonyl (C=O) groups is 3. The van der Waals surface area contributed by atoms with Gasteiger partial charge in [-0.3, -0.25) is 14.4 Å². The largest absolute Gasteiger partial charge is 0.481 e. The number of hydrogen-bond acceptors (Lipinski definition) is 9. The van der Waals surface area contributed by atoms with E-state index in [9.17, 15) is 9.59 Å². The molecule has 0 unspecified atom stereocenters. The van der Waals surface area contributed by atoms with E-state index in [1.165, 1.54) is 18.6 Å². The number of nitrogen functional groups attached to an aromatic ring is 2. The third-order valence-corrected chi connectivity index (χ3v) is 2.35. The van der Waals surface area contributed by atoms with Crippen molar-refractivity contribution in [3.05, 3.63) is 34.6 Å². The normalized spacial score (nSPS) is 8.44. The molecule has 15 heteroatoms. The molecule has 2 aromatic rings. The van der Waals surface area contributed by atoms with Gasteiger partial charge in [-0.1, -0.05) is 0 Å². The highest BCUT2D eigenvalue weighted by molar-refractivity contribution is 9.93. The molecule has 0 radical (unpaired) electrons. The number of carboxylic acids is 1. The predicted molar refractivity (Wildman–Crippen MR) is 109 cm³/mol. The molecule has 0 saturated heterocycles. The van der Waals surface area contributed by atoms with Gasteiger partial charge in [-0.05, 0) is 15.9 Å². The van der Waals surface area contributed by atoms with E-state index in [-0.39, 0.29) is 23.0 Å². The van der Waals surface area contributed by atoms with Crippen molar-refractivity contribution in [3.63, 3.8) is 0 Å². The molecule has 148 valence electrons. The molecule has 0 fully saturated rings.